The lowest BCUT2D eigenvalue weighted by molar-refractivity contribution is -0.111. The first-order chi connectivity index (χ1) is 10.3. The lowest BCUT2D eigenvalue weighted by atomic mass is 10.2. The van der Waals surface area contributed by atoms with Gasteiger partial charge in [-0.15, -0.1) is 0 Å². The zero-order chi connectivity index (χ0) is 14.5. The molecule has 4 nitrogen and oxygen atoms in total. The molecule has 2 aromatic rings. The second-order valence-electron chi connectivity index (χ2n) is 4.59. The number of ether oxygens (including phenoxy) is 2. The van der Waals surface area contributed by atoms with Gasteiger partial charge in [0.25, 0.3) is 0 Å². The highest BCUT2D eigenvalue weighted by molar-refractivity contribution is 6.02. The van der Waals surface area contributed by atoms with Crippen LogP contribution in [0.3, 0.4) is 0 Å². The van der Waals surface area contributed by atoms with E-state index in [1.807, 2.05) is 30.3 Å². The summed E-state index contributed by atoms with van der Waals surface area (Å²) in [5.41, 5.74) is 1.66. The van der Waals surface area contributed by atoms with Crippen molar-refractivity contribution in [2.45, 2.75) is 0 Å². The fourth-order valence-electron chi connectivity index (χ4n) is 2.04. The predicted molar refractivity (Wildman–Crippen MR) is 81.5 cm³/mol. The monoisotopic (exact) mass is 281 g/mol. The van der Waals surface area contributed by atoms with Gasteiger partial charge >= 0.3 is 0 Å². The molecule has 0 fully saturated rings. The highest BCUT2D eigenvalue weighted by Gasteiger charge is 2.12. The van der Waals surface area contributed by atoms with E-state index in [4.69, 9.17) is 9.47 Å². The number of carbonyl (C=O) groups excluding carboxylic acids is 1. The molecule has 106 valence electrons. The molecule has 1 aliphatic rings. The smallest absolute Gasteiger partial charge is 0.248 e. The third-order valence-corrected chi connectivity index (χ3v) is 3.04. The second-order valence-corrected chi connectivity index (χ2v) is 4.59. The van der Waals surface area contributed by atoms with E-state index in [9.17, 15) is 4.79 Å². The second kappa shape index (κ2) is 6.13. The van der Waals surface area contributed by atoms with Crippen molar-refractivity contribution < 1.29 is 14.3 Å². The van der Waals surface area contributed by atoms with E-state index in [2.05, 4.69) is 5.32 Å². The summed E-state index contributed by atoms with van der Waals surface area (Å²) in [6, 6.07) is 15.0. The molecular formula is C17H15NO3. The molecule has 0 aromatic heterocycles. The Balaban J connectivity index is 1.66. The van der Waals surface area contributed by atoms with Crippen LogP contribution in [0.15, 0.2) is 54.6 Å². The topological polar surface area (TPSA) is 47.6 Å². The summed E-state index contributed by atoms with van der Waals surface area (Å²) in [5, 5.41) is 2.80. The average molecular weight is 281 g/mol. The van der Waals surface area contributed by atoms with Crippen LogP contribution in [0.5, 0.6) is 11.5 Å². The summed E-state index contributed by atoms with van der Waals surface area (Å²) in [7, 11) is 0. The molecule has 0 saturated heterocycles. The number of amides is 1. The first-order valence-corrected chi connectivity index (χ1v) is 6.75. The quantitative estimate of drug-likeness (QED) is 0.879. The van der Waals surface area contributed by atoms with Crippen molar-refractivity contribution in [1.29, 1.82) is 0 Å². The number of anilines is 1. The summed E-state index contributed by atoms with van der Waals surface area (Å²) in [5.74, 6) is 1.18. The number of hydrogen-bond donors (Lipinski definition) is 1. The van der Waals surface area contributed by atoms with Crippen LogP contribution in [-0.4, -0.2) is 19.1 Å². The minimum atomic E-state index is -0.185. The molecule has 3 rings (SSSR count). The van der Waals surface area contributed by atoms with Crippen molar-refractivity contribution >= 4 is 17.7 Å². The van der Waals surface area contributed by atoms with Crippen molar-refractivity contribution in [3.05, 3.63) is 60.2 Å². The molecule has 1 N–H and O–H groups in total. The molecule has 0 aliphatic carbocycles. The Hall–Kier alpha value is -2.75. The molecule has 1 heterocycles. The van der Waals surface area contributed by atoms with E-state index in [1.54, 1.807) is 24.3 Å². The molecule has 0 atom stereocenters. The third-order valence-electron chi connectivity index (χ3n) is 3.04. The maximum absolute atomic E-state index is 11.9. The van der Waals surface area contributed by atoms with E-state index in [0.29, 0.717) is 30.4 Å². The van der Waals surface area contributed by atoms with Crippen LogP contribution in [0.4, 0.5) is 5.69 Å². The van der Waals surface area contributed by atoms with Crippen LogP contribution in [-0.2, 0) is 4.79 Å². The Morgan fingerprint density at radius 3 is 2.57 bits per heavy atom. The van der Waals surface area contributed by atoms with Gasteiger partial charge in [0, 0.05) is 17.8 Å². The van der Waals surface area contributed by atoms with Crippen molar-refractivity contribution in [3.8, 4) is 11.5 Å². The van der Waals surface area contributed by atoms with Crippen molar-refractivity contribution in [2.75, 3.05) is 18.5 Å². The minimum absolute atomic E-state index is 0.185. The lowest BCUT2D eigenvalue weighted by Gasteiger charge is -2.18. The number of rotatable bonds is 3. The SMILES string of the molecule is O=C(/C=C/c1ccccc1)Nc1ccc2c(c1)OCCO2. The molecule has 0 saturated carbocycles. The van der Waals surface area contributed by atoms with Crippen LogP contribution in [0.2, 0.25) is 0 Å². The molecule has 2 aromatic carbocycles. The summed E-state index contributed by atoms with van der Waals surface area (Å²) >= 11 is 0. The molecular weight excluding hydrogens is 266 g/mol. The maximum atomic E-state index is 11.9. The maximum Gasteiger partial charge on any atom is 0.248 e. The van der Waals surface area contributed by atoms with E-state index in [0.717, 1.165) is 5.56 Å². The molecule has 0 spiro atoms. The first-order valence-electron chi connectivity index (χ1n) is 6.75. The molecule has 0 bridgehead atoms. The van der Waals surface area contributed by atoms with Crippen molar-refractivity contribution in [1.82, 2.24) is 0 Å². The Bertz CT molecular complexity index is 665. The van der Waals surface area contributed by atoms with Crippen LogP contribution < -0.4 is 14.8 Å². The zero-order valence-electron chi connectivity index (χ0n) is 11.4. The molecule has 21 heavy (non-hydrogen) atoms. The highest BCUT2D eigenvalue weighted by atomic mass is 16.6. The van der Waals surface area contributed by atoms with Gasteiger partial charge in [-0.3, -0.25) is 4.79 Å². The van der Waals surface area contributed by atoms with Gasteiger partial charge in [-0.25, -0.2) is 0 Å². The lowest BCUT2D eigenvalue weighted by Crippen LogP contribution is -2.16. The van der Waals surface area contributed by atoms with Crippen LogP contribution in [0, 0.1) is 0 Å². The van der Waals surface area contributed by atoms with E-state index >= 15 is 0 Å². The largest absolute Gasteiger partial charge is 0.486 e. The summed E-state index contributed by atoms with van der Waals surface area (Å²) in [4.78, 5) is 11.9. The van der Waals surface area contributed by atoms with Crippen molar-refractivity contribution in [2.24, 2.45) is 0 Å². The Morgan fingerprint density at radius 1 is 1.00 bits per heavy atom. The van der Waals surface area contributed by atoms with Gasteiger partial charge in [0.1, 0.15) is 13.2 Å². The number of nitrogens with one attached hydrogen (secondary N) is 1. The Kier molecular flexibility index (Phi) is 3.87. The fraction of sp³-hybridized carbons (Fsp3) is 0.118. The number of fused-ring (bicyclic) bond motifs is 1. The van der Waals surface area contributed by atoms with Gasteiger partial charge < -0.3 is 14.8 Å². The van der Waals surface area contributed by atoms with E-state index < -0.39 is 0 Å². The van der Waals surface area contributed by atoms with Crippen LogP contribution in [0.25, 0.3) is 6.08 Å². The van der Waals surface area contributed by atoms with Crippen molar-refractivity contribution in [3.63, 3.8) is 0 Å². The zero-order valence-corrected chi connectivity index (χ0v) is 11.4. The Morgan fingerprint density at radius 2 is 1.76 bits per heavy atom. The van der Waals surface area contributed by atoms with E-state index in [1.165, 1.54) is 6.08 Å². The first kappa shape index (κ1) is 13.2. The highest BCUT2D eigenvalue weighted by Crippen LogP contribution is 2.32. The summed E-state index contributed by atoms with van der Waals surface area (Å²) in [6.07, 6.45) is 3.28. The van der Waals surface area contributed by atoms with Crippen LogP contribution >= 0.6 is 0 Å². The standard InChI is InChI=1S/C17H15NO3/c19-17(9-6-13-4-2-1-3-5-13)18-14-7-8-15-16(12-14)21-11-10-20-15/h1-9,12H,10-11H2,(H,18,19)/b9-6+. The molecule has 0 unspecified atom stereocenters. The van der Waals surface area contributed by atoms with E-state index in [-0.39, 0.29) is 5.91 Å². The van der Waals surface area contributed by atoms with Gasteiger partial charge in [0.2, 0.25) is 5.91 Å². The van der Waals surface area contributed by atoms with Gasteiger partial charge in [0.15, 0.2) is 11.5 Å². The molecule has 1 aliphatic heterocycles. The summed E-state index contributed by atoms with van der Waals surface area (Å²) in [6.45, 7) is 1.08. The molecule has 0 radical (unpaired) electrons. The minimum Gasteiger partial charge on any atom is -0.486 e. The van der Waals surface area contributed by atoms with Gasteiger partial charge in [-0.1, -0.05) is 30.3 Å². The molecule has 1 amide bonds. The normalized spacial score (nSPS) is 13.1. The predicted octanol–water partition coefficient (Wildman–Crippen LogP) is 3.11. The van der Waals surface area contributed by atoms with Crippen LogP contribution in [0.1, 0.15) is 5.56 Å². The molecule has 4 heteroatoms. The fourth-order valence-corrected chi connectivity index (χ4v) is 2.04. The van der Waals surface area contributed by atoms with Gasteiger partial charge in [-0.2, -0.15) is 0 Å². The number of hydrogen-bond acceptors (Lipinski definition) is 3. The number of benzene rings is 2. The Labute approximate surface area is 123 Å². The van der Waals surface area contributed by atoms with Gasteiger partial charge in [0.05, 0.1) is 0 Å². The number of carbonyl (C=O) groups is 1. The summed E-state index contributed by atoms with van der Waals surface area (Å²) < 4.78 is 10.9. The average Bonchev–Trinajstić information content (AvgIpc) is 2.54. The van der Waals surface area contributed by atoms with Gasteiger partial charge in [-0.05, 0) is 23.8 Å². The third kappa shape index (κ3) is 3.42.